The molecule has 1 aliphatic heterocycles. The summed E-state index contributed by atoms with van der Waals surface area (Å²) in [5.74, 6) is 1.10. The van der Waals surface area contributed by atoms with Gasteiger partial charge >= 0.3 is 0 Å². The lowest BCUT2D eigenvalue weighted by Crippen LogP contribution is -2.46. The third-order valence-electron chi connectivity index (χ3n) is 5.02. The quantitative estimate of drug-likeness (QED) is 0.859. The van der Waals surface area contributed by atoms with Gasteiger partial charge in [0.25, 0.3) is 0 Å². The Kier molecular flexibility index (Phi) is 3.55. The SMILES string of the molecule is C=CCN1CCC2Cc3[nH]c(C)c(CC)c3C(=O)C2C1. The number of aromatic amines is 1. The summed E-state index contributed by atoms with van der Waals surface area (Å²) in [6.45, 7) is 10.9. The molecule has 2 atom stereocenters. The predicted octanol–water partition coefficient (Wildman–Crippen LogP) is 2.75. The number of hydrogen-bond donors (Lipinski definition) is 1. The highest BCUT2D eigenvalue weighted by Gasteiger charge is 2.41. The molecule has 0 amide bonds. The lowest BCUT2D eigenvalue weighted by atomic mass is 9.72. The Bertz CT molecular complexity index is 543. The Hall–Kier alpha value is -1.35. The van der Waals surface area contributed by atoms with Crippen LogP contribution in [0.2, 0.25) is 0 Å². The molecule has 2 aliphatic rings. The van der Waals surface area contributed by atoms with Gasteiger partial charge in [0, 0.05) is 36.0 Å². The Balaban J connectivity index is 1.92. The number of fused-ring (bicyclic) bond motifs is 2. The van der Waals surface area contributed by atoms with E-state index in [0.717, 1.165) is 44.5 Å². The molecule has 3 rings (SSSR count). The van der Waals surface area contributed by atoms with Crippen molar-refractivity contribution < 1.29 is 4.79 Å². The third-order valence-corrected chi connectivity index (χ3v) is 5.02. The third kappa shape index (κ3) is 2.05. The van der Waals surface area contributed by atoms with Crippen LogP contribution in [0.3, 0.4) is 0 Å². The van der Waals surface area contributed by atoms with Crippen LogP contribution in [0.25, 0.3) is 0 Å². The van der Waals surface area contributed by atoms with Crippen LogP contribution < -0.4 is 0 Å². The molecular formula is C17H24N2O. The van der Waals surface area contributed by atoms with Crippen molar-refractivity contribution in [3.05, 3.63) is 35.2 Å². The Morgan fingerprint density at radius 1 is 1.50 bits per heavy atom. The second-order valence-electron chi connectivity index (χ2n) is 6.21. The zero-order valence-electron chi connectivity index (χ0n) is 12.5. The van der Waals surface area contributed by atoms with Crippen molar-refractivity contribution in [1.29, 1.82) is 0 Å². The lowest BCUT2D eigenvalue weighted by molar-refractivity contribution is 0.0682. The first-order valence-electron chi connectivity index (χ1n) is 7.73. The number of Topliss-reactive ketones (excluding diaryl/α,β-unsaturated/α-hetero) is 1. The van der Waals surface area contributed by atoms with Gasteiger partial charge in [-0.3, -0.25) is 9.69 Å². The largest absolute Gasteiger partial charge is 0.362 e. The zero-order valence-corrected chi connectivity index (χ0v) is 12.5. The van der Waals surface area contributed by atoms with E-state index in [1.165, 1.54) is 17.0 Å². The summed E-state index contributed by atoms with van der Waals surface area (Å²) >= 11 is 0. The van der Waals surface area contributed by atoms with Crippen molar-refractivity contribution in [2.24, 2.45) is 11.8 Å². The van der Waals surface area contributed by atoms with Gasteiger partial charge in [0.1, 0.15) is 0 Å². The normalized spacial score (nSPS) is 26.2. The van der Waals surface area contributed by atoms with Crippen LogP contribution in [-0.4, -0.2) is 35.3 Å². The molecule has 0 spiro atoms. The Morgan fingerprint density at radius 2 is 2.30 bits per heavy atom. The number of rotatable bonds is 3. The summed E-state index contributed by atoms with van der Waals surface area (Å²) < 4.78 is 0. The highest BCUT2D eigenvalue weighted by atomic mass is 16.1. The van der Waals surface area contributed by atoms with Gasteiger partial charge in [-0.1, -0.05) is 13.0 Å². The number of aryl methyl sites for hydroxylation is 1. The van der Waals surface area contributed by atoms with Crippen LogP contribution in [-0.2, 0) is 12.8 Å². The molecule has 0 saturated carbocycles. The van der Waals surface area contributed by atoms with Crippen LogP contribution in [0.15, 0.2) is 12.7 Å². The summed E-state index contributed by atoms with van der Waals surface area (Å²) in [6.07, 6.45) is 5.06. The minimum Gasteiger partial charge on any atom is -0.362 e. The Labute approximate surface area is 121 Å². The maximum Gasteiger partial charge on any atom is 0.169 e. The summed E-state index contributed by atoms with van der Waals surface area (Å²) in [7, 11) is 0. The molecule has 2 heterocycles. The fourth-order valence-electron chi connectivity index (χ4n) is 4.03. The number of nitrogens with one attached hydrogen (secondary N) is 1. The van der Waals surface area contributed by atoms with E-state index in [1.54, 1.807) is 0 Å². The van der Waals surface area contributed by atoms with E-state index in [0.29, 0.717) is 11.7 Å². The van der Waals surface area contributed by atoms with Gasteiger partial charge in [-0.05, 0) is 44.2 Å². The van der Waals surface area contributed by atoms with E-state index in [9.17, 15) is 4.79 Å². The standard InChI is InChI=1S/C17H24N2O/c1-4-7-19-8-6-12-9-15-16(17(20)14(12)10-19)13(5-2)11(3)18-15/h4,12,14,18H,1,5-10H2,2-3H3. The van der Waals surface area contributed by atoms with Crippen LogP contribution >= 0.6 is 0 Å². The fourth-order valence-corrected chi connectivity index (χ4v) is 4.03. The van der Waals surface area contributed by atoms with Crippen molar-refractivity contribution in [2.45, 2.75) is 33.1 Å². The van der Waals surface area contributed by atoms with Gasteiger partial charge in [-0.2, -0.15) is 0 Å². The molecule has 1 N–H and O–H groups in total. The summed E-state index contributed by atoms with van der Waals surface area (Å²) in [6, 6.07) is 0. The number of ketones is 1. The molecule has 1 aromatic rings. The van der Waals surface area contributed by atoms with Gasteiger partial charge < -0.3 is 4.98 Å². The average molecular weight is 272 g/mol. The van der Waals surface area contributed by atoms with E-state index in [2.05, 4.69) is 30.3 Å². The number of nitrogens with zero attached hydrogens (tertiary/aromatic N) is 1. The van der Waals surface area contributed by atoms with E-state index >= 15 is 0 Å². The number of likely N-dealkylation sites (tertiary alicyclic amines) is 1. The first-order chi connectivity index (χ1) is 9.65. The molecule has 0 radical (unpaired) electrons. The lowest BCUT2D eigenvalue weighted by Gasteiger charge is -2.40. The molecule has 1 aliphatic carbocycles. The summed E-state index contributed by atoms with van der Waals surface area (Å²) in [4.78, 5) is 18.7. The molecule has 20 heavy (non-hydrogen) atoms. The maximum absolute atomic E-state index is 12.9. The number of H-pyrrole nitrogens is 1. The fraction of sp³-hybridized carbons (Fsp3) is 0.588. The topological polar surface area (TPSA) is 36.1 Å². The molecule has 108 valence electrons. The van der Waals surface area contributed by atoms with E-state index in [4.69, 9.17) is 0 Å². The van der Waals surface area contributed by atoms with Crippen LogP contribution in [0.4, 0.5) is 0 Å². The van der Waals surface area contributed by atoms with Crippen molar-refractivity contribution in [2.75, 3.05) is 19.6 Å². The molecule has 3 heteroatoms. The average Bonchev–Trinajstić information content (AvgIpc) is 2.75. The van der Waals surface area contributed by atoms with Gasteiger partial charge in [0.2, 0.25) is 0 Å². The van der Waals surface area contributed by atoms with Crippen molar-refractivity contribution in [3.63, 3.8) is 0 Å². The smallest absolute Gasteiger partial charge is 0.169 e. The molecule has 1 aromatic heterocycles. The number of hydrogen-bond acceptors (Lipinski definition) is 2. The Morgan fingerprint density at radius 3 is 3.00 bits per heavy atom. The van der Waals surface area contributed by atoms with E-state index < -0.39 is 0 Å². The monoisotopic (exact) mass is 272 g/mol. The molecule has 0 aromatic carbocycles. The number of carbonyl (C=O) groups is 1. The van der Waals surface area contributed by atoms with Crippen molar-refractivity contribution in [3.8, 4) is 0 Å². The van der Waals surface area contributed by atoms with Gasteiger partial charge in [0.15, 0.2) is 5.78 Å². The first-order valence-corrected chi connectivity index (χ1v) is 7.73. The van der Waals surface area contributed by atoms with Crippen LogP contribution in [0.5, 0.6) is 0 Å². The molecule has 2 unspecified atom stereocenters. The maximum atomic E-state index is 12.9. The first kappa shape index (κ1) is 13.6. The van der Waals surface area contributed by atoms with Gasteiger partial charge in [-0.15, -0.1) is 6.58 Å². The number of carbonyl (C=O) groups excluding carboxylic acids is 1. The predicted molar refractivity (Wildman–Crippen MR) is 81.2 cm³/mol. The van der Waals surface area contributed by atoms with Gasteiger partial charge in [0.05, 0.1) is 0 Å². The molecule has 3 nitrogen and oxygen atoms in total. The summed E-state index contributed by atoms with van der Waals surface area (Å²) in [5.41, 5.74) is 4.64. The molecular weight excluding hydrogens is 248 g/mol. The number of piperidine rings is 1. The highest BCUT2D eigenvalue weighted by Crippen LogP contribution is 2.37. The van der Waals surface area contributed by atoms with E-state index in [1.807, 2.05) is 6.08 Å². The minimum atomic E-state index is 0.191. The zero-order chi connectivity index (χ0) is 14.3. The molecule has 0 bridgehead atoms. The van der Waals surface area contributed by atoms with Crippen molar-refractivity contribution >= 4 is 5.78 Å². The van der Waals surface area contributed by atoms with Crippen molar-refractivity contribution in [1.82, 2.24) is 9.88 Å². The van der Waals surface area contributed by atoms with Crippen LogP contribution in [0, 0.1) is 18.8 Å². The van der Waals surface area contributed by atoms with Crippen LogP contribution in [0.1, 0.15) is 40.7 Å². The van der Waals surface area contributed by atoms with E-state index in [-0.39, 0.29) is 5.92 Å². The second-order valence-corrected chi connectivity index (χ2v) is 6.21. The number of aromatic nitrogens is 1. The molecule has 1 saturated heterocycles. The second kappa shape index (κ2) is 5.21. The van der Waals surface area contributed by atoms with Gasteiger partial charge in [-0.25, -0.2) is 0 Å². The molecule has 1 fully saturated rings. The highest BCUT2D eigenvalue weighted by molar-refractivity contribution is 6.02. The summed E-state index contributed by atoms with van der Waals surface area (Å²) in [5, 5.41) is 0. The minimum absolute atomic E-state index is 0.191.